The summed E-state index contributed by atoms with van der Waals surface area (Å²) in [7, 11) is 0. The minimum atomic E-state index is 0.00106. The van der Waals surface area contributed by atoms with E-state index >= 15 is 0 Å². The van der Waals surface area contributed by atoms with Crippen molar-refractivity contribution < 1.29 is 13.9 Å². The average molecular weight is 609 g/mol. The van der Waals surface area contributed by atoms with Crippen LogP contribution in [0.1, 0.15) is 5.56 Å². The van der Waals surface area contributed by atoms with E-state index in [1.807, 2.05) is 78.9 Å². The Morgan fingerprint density at radius 1 is 0.489 bits per heavy atom. The molecule has 1 N–H and O–H groups in total. The van der Waals surface area contributed by atoms with Crippen molar-refractivity contribution in [3.05, 3.63) is 157 Å². The zero-order chi connectivity index (χ0) is 31.3. The fourth-order valence-electron chi connectivity index (χ4n) is 6.40. The number of hydrogen-bond donors (Lipinski definition) is 1. The fraction of sp³-hybridized carbons (Fsp3) is 0.0238. The van der Waals surface area contributed by atoms with E-state index < -0.39 is 0 Å². The summed E-state index contributed by atoms with van der Waals surface area (Å²) in [4.78, 5) is 6.89. The molecule has 9 aromatic rings. The molecule has 0 saturated carbocycles. The SMILES string of the molecule is OCc1ccc(N(c2ccc(-c3nc4ccccc4o3)cc2)c2ccc3cc(-c4ccc5c(c4)oc4ccccc45)ccc3c2)cc1. The zero-order valence-corrected chi connectivity index (χ0v) is 25.3. The van der Waals surface area contributed by atoms with Crippen LogP contribution < -0.4 is 4.90 Å². The fourth-order valence-corrected chi connectivity index (χ4v) is 6.40. The normalized spacial score (nSPS) is 11.6. The number of benzene rings is 7. The van der Waals surface area contributed by atoms with E-state index in [0.29, 0.717) is 5.89 Å². The Balaban J connectivity index is 1.09. The van der Waals surface area contributed by atoms with Crippen LogP contribution in [-0.4, -0.2) is 10.1 Å². The molecule has 5 nitrogen and oxygen atoms in total. The monoisotopic (exact) mass is 608 g/mol. The highest BCUT2D eigenvalue weighted by Gasteiger charge is 2.16. The van der Waals surface area contributed by atoms with Crippen LogP contribution in [0.3, 0.4) is 0 Å². The number of rotatable bonds is 6. The van der Waals surface area contributed by atoms with Gasteiger partial charge >= 0.3 is 0 Å². The first-order valence-electron chi connectivity index (χ1n) is 15.6. The van der Waals surface area contributed by atoms with Crippen molar-refractivity contribution in [2.75, 3.05) is 4.90 Å². The third-order valence-corrected chi connectivity index (χ3v) is 8.84. The Kier molecular flexibility index (Phi) is 6.37. The second-order valence-electron chi connectivity index (χ2n) is 11.7. The van der Waals surface area contributed by atoms with Crippen LogP contribution in [0.25, 0.3) is 66.4 Å². The molecule has 0 unspecified atom stereocenters. The van der Waals surface area contributed by atoms with Crippen molar-refractivity contribution in [3.63, 3.8) is 0 Å². The predicted octanol–water partition coefficient (Wildman–Crippen LogP) is 11.2. The van der Waals surface area contributed by atoms with Crippen LogP contribution in [0.5, 0.6) is 0 Å². The molecule has 2 heterocycles. The molecule has 0 spiro atoms. The Bertz CT molecular complexity index is 2530. The molecule has 5 heteroatoms. The van der Waals surface area contributed by atoms with Gasteiger partial charge in [-0.1, -0.05) is 66.7 Å². The van der Waals surface area contributed by atoms with E-state index in [1.165, 1.54) is 0 Å². The first kappa shape index (κ1) is 27.2. The minimum Gasteiger partial charge on any atom is -0.456 e. The van der Waals surface area contributed by atoms with Crippen LogP contribution in [0.2, 0.25) is 0 Å². The molecular formula is C42H28N2O3. The van der Waals surface area contributed by atoms with Crippen molar-refractivity contribution in [2.45, 2.75) is 6.61 Å². The number of aliphatic hydroxyl groups excluding tert-OH is 1. The van der Waals surface area contributed by atoms with Gasteiger partial charge in [0, 0.05) is 33.4 Å². The number of nitrogens with zero attached hydrogens (tertiary/aromatic N) is 2. The molecule has 9 rings (SSSR count). The molecule has 0 saturated heterocycles. The molecule has 0 aliphatic heterocycles. The van der Waals surface area contributed by atoms with Crippen molar-refractivity contribution >= 4 is 60.9 Å². The van der Waals surface area contributed by atoms with Crippen molar-refractivity contribution in [1.29, 1.82) is 0 Å². The number of fused-ring (bicyclic) bond motifs is 5. The maximum atomic E-state index is 9.67. The second-order valence-corrected chi connectivity index (χ2v) is 11.7. The van der Waals surface area contributed by atoms with E-state index in [2.05, 4.69) is 82.7 Å². The van der Waals surface area contributed by atoms with Gasteiger partial charge in [-0.25, -0.2) is 4.98 Å². The Morgan fingerprint density at radius 3 is 1.91 bits per heavy atom. The molecule has 0 amide bonds. The third-order valence-electron chi connectivity index (χ3n) is 8.84. The molecule has 0 aliphatic carbocycles. The van der Waals surface area contributed by atoms with Gasteiger partial charge in [-0.05, 0) is 112 Å². The van der Waals surface area contributed by atoms with Gasteiger partial charge in [-0.2, -0.15) is 0 Å². The zero-order valence-electron chi connectivity index (χ0n) is 25.3. The maximum Gasteiger partial charge on any atom is 0.227 e. The largest absolute Gasteiger partial charge is 0.456 e. The third kappa shape index (κ3) is 4.81. The molecule has 0 radical (unpaired) electrons. The van der Waals surface area contributed by atoms with Gasteiger partial charge in [-0.3, -0.25) is 0 Å². The minimum absolute atomic E-state index is 0.00106. The molecule has 0 aliphatic rings. The summed E-state index contributed by atoms with van der Waals surface area (Å²) in [5, 5.41) is 14.2. The van der Waals surface area contributed by atoms with E-state index in [9.17, 15) is 5.11 Å². The molecule has 2 aromatic heterocycles. The lowest BCUT2D eigenvalue weighted by Crippen LogP contribution is -2.10. The lowest BCUT2D eigenvalue weighted by Gasteiger charge is -2.26. The Hall–Kier alpha value is -6.17. The quantitative estimate of drug-likeness (QED) is 0.203. The van der Waals surface area contributed by atoms with Crippen LogP contribution in [0.4, 0.5) is 17.1 Å². The topological polar surface area (TPSA) is 62.6 Å². The maximum absolute atomic E-state index is 9.67. The highest BCUT2D eigenvalue weighted by Crippen LogP contribution is 2.39. The Morgan fingerprint density at radius 2 is 1.11 bits per heavy atom. The average Bonchev–Trinajstić information content (AvgIpc) is 3.74. The highest BCUT2D eigenvalue weighted by molar-refractivity contribution is 6.06. The first-order chi connectivity index (χ1) is 23.2. The van der Waals surface area contributed by atoms with Crippen LogP contribution in [-0.2, 0) is 6.61 Å². The number of oxazole rings is 1. The first-order valence-corrected chi connectivity index (χ1v) is 15.6. The molecular weight excluding hydrogens is 580 g/mol. The summed E-state index contributed by atoms with van der Waals surface area (Å²) in [6, 6.07) is 51.8. The molecule has 7 aromatic carbocycles. The summed E-state index contributed by atoms with van der Waals surface area (Å²) >= 11 is 0. The number of aromatic nitrogens is 1. The predicted molar refractivity (Wildman–Crippen MR) is 190 cm³/mol. The van der Waals surface area contributed by atoms with Crippen LogP contribution in [0, 0.1) is 0 Å². The smallest absolute Gasteiger partial charge is 0.227 e. The summed E-state index contributed by atoms with van der Waals surface area (Å²) < 4.78 is 12.2. The Labute approximate surface area is 270 Å². The van der Waals surface area contributed by atoms with Gasteiger partial charge in [0.1, 0.15) is 16.7 Å². The second kappa shape index (κ2) is 11.0. The lowest BCUT2D eigenvalue weighted by molar-refractivity contribution is 0.282. The highest BCUT2D eigenvalue weighted by atomic mass is 16.3. The number of anilines is 3. The van der Waals surface area contributed by atoms with E-state index in [1.54, 1.807) is 0 Å². The standard InChI is InChI=1S/C42H28N2O3/c45-26-27-9-17-33(18-10-27)44(34-19-13-28(14-20-34)42-43-38-6-2-4-8-40(38)47-42)35-21-15-30-23-29(11-12-31(30)24-35)32-16-22-37-36-5-1-3-7-39(36)46-41(37)25-32/h1-25,45H,26H2. The van der Waals surface area contributed by atoms with Gasteiger partial charge in [-0.15, -0.1) is 0 Å². The summed E-state index contributed by atoms with van der Waals surface area (Å²) in [6.07, 6.45) is 0. The van der Waals surface area contributed by atoms with E-state index in [4.69, 9.17) is 8.83 Å². The number of aliphatic hydroxyl groups is 1. The van der Waals surface area contributed by atoms with Crippen molar-refractivity contribution in [2.24, 2.45) is 0 Å². The molecule has 47 heavy (non-hydrogen) atoms. The van der Waals surface area contributed by atoms with E-state index in [0.717, 1.165) is 83.1 Å². The number of hydrogen-bond acceptors (Lipinski definition) is 5. The van der Waals surface area contributed by atoms with Crippen LogP contribution >= 0.6 is 0 Å². The van der Waals surface area contributed by atoms with Gasteiger partial charge in [0.2, 0.25) is 5.89 Å². The van der Waals surface area contributed by atoms with Gasteiger partial charge < -0.3 is 18.8 Å². The molecule has 224 valence electrons. The lowest BCUT2D eigenvalue weighted by atomic mass is 9.99. The van der Waals surface area contributed by atoms with Gasteiger partial charge in [0.15, 0.2) is 5.58 Å². The van der Waals surface area contributed by atoms with Gasteiger partial charge in [0.25, 0.3) is 0 Å². The van der Waals surface area contributed by atoms with Crippen LogP contribution in [0.15, 0.2) is 160 Å². The molecule has 0 atom stereocenters. The molecule has 0 fully saturated rings. The van der Waals surface area contributed by atoms with Crippen molar-refractivity contribution in [1.82, 2.24) is 4.98 Å². The number of para-hydroxylation sites is 3. The number of furan rings is 1. The van der Waals surface area contributed by atoms with Gasteiger partial charge in [0.05, 0.1) is 6.61 Å². The molecule has 0 bridgehead atoms. The summed E-state index contributed by atoms with van der Waals surface area (Å²) in [5.41, 5.74) is 10.5. The van der Waals surface area contributed by atoms with Crippen molar-refractivity contribution in [3.8, 4) is 22.6 Å². The summed E-state index contributed by atoms with van der Waals surface area (Å²) in [5.74, 6) is 0.595. The summed E-state index contributed by atoms with van der Waals surface area (Å²) in [6.45, 7) is 0.00106. The van der Waals surface area contributed by atoms with E-state index in [-0.39, 0.29) is 6.61 Å².